The van der Waals surface area contributed by atoms with Gasteiger partial charge in [-0.3, -0.25) is 4.79 Å². The third-order valence-corrected chi connectivity index (χ3v) is 6.99. The zero-order valence-corrected chi connectivity index (χ0v) is 18.0. The number of hydrogen-bond acceptors (Lipinski definition) is 3. The van der Waals surface area contributed by atoms with Gasteiger partial charge in [0.25, 0.3) is 5.91 Å². The van der Waals surface area contributed by atoms with E-state index < -0.39 is 10.0 Å². The van der Waals surface area contributed by atoms with Crippen LogP contribution in [0.2, 0.25) is 5.02 Å². The number of halogens is 1. The summed E-state index contributed by atoms with van der Waals surface area (Å²) >= 11 is 6.12. The summed E-state index contributed by atoms with van der Waals surface area (Å²) in [6, 6.07) is 21.0. The third-order valence-electron chi connectivity index (χ3n) is 5.23. The molecule has 1 amide bonds. The quantitative estimate of drug-likeness (QED) is 0.639. The molecule has 1 N–H and O–H groups in total. The topological polar surface area (TPSA) is 66.5 Å². The molecule has 0 unspecified atom stereocenters. The minimum absolute atomic E-state index is 0.0539. The zero-order chi connectivity index (χ0) is 21.3. The van der Waals surface area contributed by atoms with Gasteiger partial charge in [-0.25, -0.2) is 13.1 Å². The standard InChI is InChI=1S/C23H21ClN2O3S/c1-16-13-19-14-20(30(28,29)25-15-18-9-5-6-10-21(18)24)11-12-22(19)26(16)23(27)17-7-3-2-4-8-17/h2-12,14,16,25H,13,15H2,1H3/t16-/m1/s1. The average Bonchev–Trinajstić information content (AvgIpc) is 3.08. The summed E-state index contributed by atoms with van der Waals surface area (Å²) in [5.74, 6) is -0.0886. The van der Waals surface area contributed by atoms with Gasteiger partial charge in [0.2, 0.25) is 10.0 Å². The number of nitrogens with zero attached hydrogens (tertiary/aromatic N) is 1. The Morgan fingerprint density at radius 3 is 2.50 bits per heavy atom. The van der Waals surface area contributed by atoms with E-state index in [0.29, 0.717) is 22.6 Å². The van der Waals surface area contributed by atoms with Gasteiger partial charge >= 0.3 is 0 Å². The van der Waals surface area contributed by atoms with E-state index in [-0.39, 0.29) is 23.4 Å². The number of anilines is 1. The van der Waals surface area contributed by atoms with Crippen molar-refractivity contribution < 1.29 is 13.2 Å². The molecule has 1 aliphatic heterocycles. The molecular weight excluding hydrogens is 420 g/mol. The van der Waals surface area contributed by atoms with E-state index in [1.807, 2.05) is 31.2 Å². The first-order chi connectivity index (χ1) is 14.4. The summed E-state index contributed by atoms with van der Waals surface area (Å²) in [5, 5.41) is 0.512. The normalized spacial score (nSPS) is 15.8. The van der Waals surface area contributed by atoms with Crippen LogP contribution in [-0.4, -0.2) is 20.4 Å². The van der Waals surface area contributed by atoms with Gasteiger partial charge in [0.15, 0.2) is 0 Å². The summed E-state index contributed by atoms with van der Waals surface area (Å²) in [7, 11) is -3.72. The van der Waals surface area contributed by atoms with E-state index in [4.69, 9.17) is 11.6 Å². The number of fused-ring (bicyclic) bond motifs is 1. The highest BCUT2D eigenvalue weighted by atomic mass is 35.5. The minimum Gasteiger partial charge on any atom is -0.305 e. The first-order valence-corrected chi connectivity index (χ1v) is 11.5. The lowest BCUT2D eigenvalue weighted by Gasteiger charge is -2.23. The second kappa shape index (κ2) is 8.22. The smallest absolute Gasteiger partial charge is 0.258 e. The SMILES string of the molecule is C[C@@H]1Cc2cc(S(=O)(=O)NCc3ccccc3Cl)ccc2N1C(=O)c1ccccc1. The first kappa shape index (κ1) is 20.6. The lowest BCUT2D eigenvalue weighted by atomic mass is 10.1. The molecule has 0 saturated heterocycles. The molecule has 7 heteroatoms. The van der Waals surface area contributed by atoms with Gasteiger partial charge < -0.3 is 4.90 Å². The van der Waals surface area contributed by atoms with Crippen molar-refractivity contribution >= 4 is 33.2 Å². The number of carbonyl (C=O) groups excluding carboxylic acids is 1. The molecule has 0 spiro atoms. The first-order valence-electron chi connectivity index (χ1n) is 9.61. The number of hydrogen-bond donors (Lipinski definition) is 1. The second-order valence-electron chi connectivity index (χ2n) is 7.30. The number of benzene rings is 3. The molecule has 0 bridgehead atoms. The highest BCUT2D eigenvalue weighted by Crippen LogP contribution is 2.35. The lowest BCUT2D eigenvalue weighted by Crippen LogP contribution is -2.35. The Hall–Kier alpha value is -2.67. The molecule has 1 heterocycles. The van der Waals surface area contributed by atoms with Crippen LogP contribution in [0.5, 0.6) is 0 Å². The van der Waals surface area contributed by atoms with Crippen molar-refractivity contribution in [1.82, 2.24) is 4.72 Å². The highest BCUT2D eigenvalue weighted by molar-refractivity contribution is 7.89. The molecule has 0 aliphatic carbocycles. The molecule has 1 aliphatic rings. The van der Waals surface area contributed by atoms with Crippen LogP contribution in [0.25, 0.3) is 0 Å². The second-order valence-corrected chi connectivity index (χ2v) is 9.47. The molecule has 0 aromatic heterocycles. The van der Waals surface area contributed by atoms with Crippen LogP contribution in [-0.2, 0) is 23.0 Å². The Morgan fingerprint density at radius 1 is 1.07 bits per heavy atom. The highest BCUT2D eigenvalue weighted by Gasteiger charge is 2.32. The van der Waals surface area contributed by atoms with Crippen LogP contribution in [0.4, 0.5) is 5.69 Å². The van der Waals surface area contributed by atoms with Crippen molar-refractivity contribution in [2.45, 2.75) is 30.8 Å². The Morgan fingerprint density at radius 2 is 1.77 bits per heavy atom. The Balaban J connectivity index is 1.58. The summed E-state index contributed by atoms with van der Waals surface area (Å²) in [5.41, 5.74) is 2.90. The predicted molar refractivity (Wildman–Crippen MR) is 118 cm³/mol. The molecule has 154 valence electrons. The van der Waals surface area contributed by atoms with Crippen LogP contribution in [0.1, 0.15) is 28.4 Å². The van der Waals surface area contributed by atoms with Gasteiger partial charge in [-0.2, -0.15) is 0 Å². The van der Waals surface area contributed by atoms with Crippen LogP contribution < -0.4 is 9.62 Å². The number of amides is 1. The molecule has 30 heavy (non-hydrogen) atoms. The van der Waals surface area contributed by atoms with E-state index in [0.717, 1.165) is 11.3 Å². The van der Waals surface area contributed by atoms with E-state index in [1.54, 1.807) is 47.4 Å². The lowest BCUT2D eigenvalue weighted by molar-refractivity contribution is 0.0981. The Labute approximate surface area is 181 Å². The van der Waals surface area contributed by atoms with Gasteiger partial charge in [-0.1, -0.05) is 48.0 Å². The maximum atomic E-state index is 13.0. The Kier molecular flexibility index (Phi) is 5.64. The fraction of sp³-hybridized carbons (Fsp3) is 0.174. The fourth-order valence-corrected chi connectivity index (χ4v) is 4.96. The van der Waals surface area contributed by atoms with E-state index in [9.17, 15) is 13.2 Å². The predicted octanol–water partition coefficient (Wildman–Crippen LogP) is 4.41. The molecule has 0 radical (unpaired) electrons. The fourth-order valence-electron chi connectivity index (χ4n) is 3.70. The van der Waals surface area contributed by atoms with Crippen molar-refractivity contribution in [3.05, 3.63) is 94.5 Å². The molecule has 0 fully saturated rings. The van der Waals surface area contributed by atoms with Gasteiger partial charge in [0, 0.05) is 28.9 Å². The minimum atomic E-state index is -3.72. The van der Waals surface area contributed by atoms with E-state index in [1.165, 1.54) is 6.07 Å². The number of sulfonamides is 1. The zero-order valence-electron chi connectivity index (χ0n) is 16.4. The van der Waals surface area contributed by atoms with Crippen LogP contribution >= 0.6 is 11.6 Å². The van der Waals surface area contributed by atoms with Crippen molar-refractivity contribution in [3.63, 3.8) is 0 Å². The van der Waals surface area contributed by atoms with Crippen molar-refractivity contribution in [1.29, 1.82) is 0 Å². The third kappa shape index (κ3) is 3.99. The molecule has 3 aromatic carbocycles. The largest absolute Gasteiger partial charge is 0.305 e. The maximum Gasteiger partial charge on any atom is 0.258 e. The van der Waals surface area contributed by atoms with Crippen molar-refractivity contribution in [2.75, 3.05) is 4.90 Å². The molecule has 0 saturated carbocycles. The molecule has 5 nitrogen and oxygen atoms in total. The van der Waals surface area contributed by atoms with Crippen LogP contribution in [0, 0.1) is 0 Å². The Bertz CT molecular complexity index is 1200. The summed E-state index contributed by atoms with van der Waals surface area (Å²) in [6.07, 6.45) is 0.599. The van der Waals surface area contributed by atoms with E-state index >= 15 is 0 Å². The molecule has 3 aromatic rings. The average molecular weight is 441 g/mol. The van der Waals surface area contributed by atoms with Gasteiger partial charge in [-0.05, 0) is 60.9 Å². The van der Waals surface area contributed by atoms with Crippen molar-refractivity contribution in [3.8, 4) is 0 Å². The van der Waals surface area contributed by atoms with E-state index in [2.05, 4.69) is 4.72 Å². The monoisotopic (exact) mass is 440 g/mol. The van der Waals surface area contributed by atoms with Gasteiger partial charge in [0.1, 0.15) is 0 Å². The summed E-state index contributed by atoms with van der Waals surface area (Å²) in [6.45, 7) is 2.07. The maximum absolute atomic E-state index is 13.0. The molecule has 1 atom stereocenters. The number of carbonyl (C=O) groups is 1. The van der Waals surface area contributed by atoms with Gasteiger partial charge in [0.05, 0.1) is 4.90 Å². The van der Waals surface area contributed by atoms with Gasteiger partial charge in [-0.15, -0.1) is 0 Å². The number of rotatable bonds is 5. The van der Waals surface area contributed by atoms with Crippen LogP contribution in [0.15, 0.2) is 77.7 Å². The summed E-state index contributed by atoms with van der Waals surface area (Å²) < 4.78 is 28.2. The summed E-state index contributed by atoms with van der Waals surface area (Å²) in [4.78, 5) is 14.9. The number of nitrogens with one attached hydrogen (secondary N) is 1. The van der Waals surface area contributed by atoms with Crippen molar-refractivity contribution in [2.24, 2.45) is 0 Å². The molecular formula is C23H21ClN2O3S. The molecule has 4 rings (SSSR count). The van der Waals surface area contributed by atoms with Crippen LogP contribution in [0.3, 0.4) is 0 Å².